The van der Waals surface area contributed by atoms with Gasteiger partial charge in [-0.2, -0.15) is 0 Å². The molecule has 4 heteroatoms. The molecule has 0 saturated heterocycles. The number of hydrogen-bond acceptors (Lipinski definition) is 2. The molecule has 0 aliphatic rings. The number of anilines is 1. The number of nitrogens with zero attached hydrogens (tertiary/aromatic N) is 3. The fourth-order valence-corrected chi connectivity index (χ4v) is 2.87. The molecule has 0 aromatic heterocycles. The molecule has 0 radical (unpaired) electrons. The van der Waals surface area contributed by atoms with Crippen molar-refractivity contribution in [3.63, 3.8) is 0 Å². The van der Waals surface area contributed by atoms with Crippen LogP contribution < -0.4 is 10.2 Å². The first-order valence-electron chi connectivity index (χ1n) is 9.27. The van der Waals surface area contributed by atoms with Gasteiger partial charge < -0.3 is 5.32 Å². The first kappa shape index (κ1) is 20.4. The van der Waals surface area contributed by atoms with Crippen LogP contribution in [0, 0.1) is 12.8 Å². The standard InChI is InChI=1S/C23H30N4/c1-17(2)16-26-22(24-5)23(25-6)27(20-13-8-7-9-14-20)19(4)21-15-11-10-12-18(21)3/h7-15,17H,4,16H2,1-3,5-6H3,(H,24,26). The average molecular weight is 363 g/mol. The second kappa shape index (κ2) is 9.72. The number of hydrogen-bond donors (Lipinski definition) is 1. The molecule has 27 heavy (non-hydrogen) atoms. The quantitative estimate of drug-likeness (QED) is 0.614. The summed E-state index contributed by atoms with van der Waals surface area (Å²) in [6.07, 6.45) is 0. The predicted molar refractivity (Wildman–Crippen MR) is 119 cm³/mol. The van der Waals surface area contributed by atoms with E-state index in [-0.39, 0.29) is 0 Å². The van der Waals surface area contributed by atoms with E-state index in [0.717, 1.165) is 35.2 Å². The number of para-hydroxylation sites is 1. The number of aliphatic imine (C=N–C) groups is 2. The zero-order valence-electron chi connectivity index (χ0n) is 17.0. The molecule has 0 heterocycles. The minimum absolute atomic E-state index is 0.504. The third-order valence-corrected chi connectivity index (χ3v) is 4.28. The van der Waals surface area contributed by atoms with Gasteiger partial charge in [-0.25, -0.2) is 0 Å². The summed E-state index contributed by atoms with van der Waals surface area (Å²) >= 11 is 0. The van der Waals surface area contributed by atoms with E-state index in [4.69, 9.17) is 0 Å². The highest BCUT2D eigenvalue weighted by molar-refractivity contribution is 6.47. The average Bonchev–Trinajstić information content (AvgIpc) is 2.68. The van der Waals surface area contributed by atoms with E-state index in [2.05, 4.69) is 71.8 Å². The topological polar surface area (TPSA) is 40.0 Å². The van der Waals surface area contributed by atoms with E-state index in [1.165, 1.54) is 5.56 Å². The van der Waals surface area contributed by atoms with Gasteiger partial charge in [-0.3, -0.25) is 14.9 Å². The van der Waals surface area contributed by atoms with Gasteiger partial charge in [0.15, 0.2) is 11.7 Å². The highest BCUT2D eigenvalue weighted by atomic mass is 15.2. The van der Waals surface area contributed by atoms with Crippen LogP contribution in [0.1, 0.15) is 25.0 Å². The lowest BCUT2D eigenvalue weighted by atomic mass is 10.0. The highest BCUT2D eigenvalue weighted by Gasteiger charge is 2.23. The van der Waals surface area contributed by atoms with Crippen molar-refractivity contribution in [1.82, 2.24) is 5.32 Å². The van der Waals surface area contributed by atoms with Gasteiger partial charge in [-0.15, -0.1) is 0 Å². The van der Waals surface area contributed by atoms with Gasteiger partial charge in [-0.05, 0) is 30.5 Å². The van der Waals surface area contributed by atoms with E-state index < -0.39 is 0 Å². The second-order valence-corrected chi connectivity index (χ2v) is 6.83. The summed E-state index contributed by atoms with van der Waals surface area (Å²) in [4.78, 5) is 11.1. The molecular weight excluding hydrogens is 332 g/mol. The number of rotatable bonds is 5. The van der Waals surface area contributed by atoms with Crippen LogP contribution in [-0.2, 0) is 0 Å². The molecule has 0 aliphatic carbocycles. The predicted octanol–water partition coefficient (Wildman–Crippen LogP) is 4.77. The van der Waals surface area contributed by atoms with Crippen LogP contribution in [0.4, 0.5) is 5.69 Å². The lowest BCUT2D eigenvalue weighted by Gasteiger charge is -2.30. The Morgan fingerprint density at radius 2 is 1.63 bits per heavy atom. The normalized spacial score (nSPS) is 12.2. The number of aryl methyl sites for hydroxylation is 1. The van der Waals surface area contributed by atoms with Crippen molar-refractivity contribution in [3.8, 4) is 0 Å². The van der Waals surface area contributed by atoms with Gasteiger partial charge in [0, 0.05) is 37.6 Å². The zero-order chi connectivity index (χ0) is 19.8. The van der Waals surface area contributed by atoms with Gasteiger partial charge >= 0.3 is 0 Å². The first-order chi connectivity index (χ1) is 13.0. The Labute approximate surface area is 163 Å². The van der Waals surface area contributed by atoms with Crippen molar-refractivity contribution >= 4 is 23.1 Å². The molecule has 142 valence electrons. The van der Waals surface area contributed by atoms with E-state index in [1.807, 2.05) is 30.3 Å². The van der Waals surface area contributed by atoms with Crippen molar-refractivity contribution in [2.75, 3.05) is 25.5 Å². The van der Waals surface area contributed by atoms with Crippen molar-refractivity contribution in [1.29, 1.82) is 0 Å². The molecule has 0 saturated carbocycles. The molecule has 2 aromatic carbocycles. The lowest BCUT2D eigenvalue weighted by molar-refractivity contribution is 0.626. The SMILES string of the molecule is C=C(c1ccccc1C)N(C(=NC)C(=NC)NCC(C)C)c1ccccc1. The minimum atomic E-state index is 0.504. The van der Waals surface area contributed by atoms with Crippen LogP contribution in [-0.4, -0.2) is 32.3 Å². The molecule has 0 atom stereocenters. The lowest BCUT2D eigenvalue weighted by Crippen LogP contribution is -2.43. The van der Waals surface area contributed by atoms with Gasteiger partial charge in [0.2, 0.25) is 0 Å². The summed E-state index contributed by atoms with van der Waals surface area (Å²) in [5.74, 6) is 2.01. The molecule has 0 bridgehead atoms. The number of nitrogens with one attached hydrogen (secondary N) is 1. The maximum Gasteiger partial charge on any atom is 0.175 e. The first-order valence-corrected chi connectivity index (χ1v) is 9.27. The summed E-state index contributed by atoms with van der Waals surface area (Å²) < 4.78 is 0. The largest absolute Gasteiger partial charge is 0.367 e. The Hall–Kier alpha value is -2.88. The van der Waals surface area contributed by atoms with Crippen LogP contribution in [0.2, 0.25) is 0 Å². The maximum atomic E-state index is 4.58. The Balaban J connectivity index is 2.52. The monoisotopic (exact) mass is 362 g/mol. The van der Waals surface area contributed by atoms with Crippen molar-refractivity contribution in [3.05, 3.63) is 72.3 Å². The third-order valence-electron chi connectivity index (χ3n) is 4.28. The molecule has 0 spiro atoms. The summed E-state index contributed by atoms with van der Waals surface area (Å²) in [7, 11) is 3.58. The van der Waals surface area contributed by atoms with Crippen LogP contribution in [0.15, 0.2) is 71.2 Å². The molecule has 1 N–H and O–H groups in total. The molecule has 0 fully saturated rings. The fourth-order valence-electron chi connectivity index (χ4n) is 2.87. The summed E-state index contributed by atoms with van der Waals surface area (Å²) in [6, 6.07) is 18.4. The molecule has 0 aliphatic heterocycles. The third kappa shape index (κ3) is 5.07. The zero-order valence-corrected chi connectivity index (χ0v) is 17.0. The van der Waals surface area contributed by atoms with E-state index in [9.17, 15) is 0 Å². The molecule has 0 unspecified atom stereocenters. The maximum absolute atomic E-state index is 4.58. The molecule has 2 aromatic rings. The Kier molecular flexibility index (Phi) is 7.35. The van der Waals surface area contributed by atoms with Crippen LogP contribution in [0.3, 0.4) is 0 Å². The van der Waals surface area contributed by atoms with E-state index in [1.54, 1.807) is 14.1 Å². The molecule has 2 rings (SSSR count). The Morgan fingerprint density at radius 1 is 1.00 bits per heavy atom. The summed E-state index contributed by atoms with van der Waals surface area (Å²) in [5.41, 5.74) is 4.12. The Bertz CT molecular complexity index is 819. The number of amidine groups is 2. The number of benzene rings is 2. The van der Waals surface area contributed by atoms with Gasteiger partial charge in [-0.1, -0.05) is 62.9 Å². The van der Waals surface area contributed by atoms with Crippen molar-refractivity contribution < 1.29 is 0 Å². The van der Waals surface area contributed by atoms with Crippen molar-refractivity contribution in [2.45, 2.75) is 20.8 Å². The smallest absolute Gasteiger partial charge is 0.175 e. The van der Waals surface area contributed by atoms with Crippen LogP contribution in [0.5, 0.6) is 0 Å². The fraction of sp³-hybridized carbons (Fsp3) is 0.304. The van der Waals surface area contributed by atoms with Crippen LogP contribution >= 0.6 is 0 Å². The van der Waals surface area contributed by atoms with Gasteiger partial charge in [0.1, 0.15) is 0 Å². The van der Waals surface area contributed by atoms with Gasteiger partial charge in [0.25, 0.3) is 0 Å². The highest BCUT2D eigenvalue weighted by Crippen LogP contribution is 2.27. The summed E-state index contributed by atoms with van der Waals surface area (Å²) in [5, 5.41) is 3.43. The second-order valence-electron chi connectivity index (χ2n) is 6.83. The van der Waals surface area contributed by atoms with Gasteiger partial charge in [0.05, 0.1) is 0 Å². The molecular formula is C23H30N4. The van der Waals surface area contributed by atoms with Crippen LogP contribution in [0.25, 0.3) is 5.70 Å². The minimum Gasteiger partial charge on any atom is -0.367 e. The molecule has 0 amide bonds. The van der Waals surface area contributed by atoms with E-state index in [0.29, 0.717) is 5.92 Å². The summed E-state index contributed by atoms with van der Waals surface area (Å²) in [6.45, 7) is 11.7. The Morgan fingerprint density at radius 3 is 2.19 bits per heavy atom. The van der Waals surface area contributed by atoms with E-state index >= 15 is 0 Å². The van der Waals surface area contributed by atoms with Crippen molar-refractivity contribution in [2.24, 2.45) is 15.9 Å². The molecule has 4 nitrogen and oxygen atoms in total.